The Morgan fingerprint density at radius 3 is 2.05 bits per heavy atom. The molecule has 4 nitrogen and oxygen atoms in total. The van der Waals surface area contributed by atoms with Gasteiger partial charge in [0.1, 0.15) is 0 Å². The van der Waals surface area contributed by atoms with Crippen LogP contribution in [0.3, 0.4) is 0 Å². The van der Waals surface area contributed by atoms with E-state index in [0.717, 1.165) is 39.4 Å². The van der Waals surface area contributed by atoms with E-state index in [4.69, 9.17) is 9.47 Å². The lowest BCUT2D eigenvalue weighted by Gasteiger charge is -2.24. The second kappa shape index (κ2) is 9.78. The Morgan fingerprint density at radius 1 is 1.00 bits per heavy atom. The Balaban J connectivity index is 2.61. The second-order valence-corrected chi connectivity index (χ2v) is 4.42. The van der Waals surface area contributed by atoms with E-state index >= 15 is 0 Å². The zero-order valence-electron chi connectivity index (χ0n) is 12.3. The molecule has 0 aromatic heterocycles. The van der Waals surface area contributed by atoms with Crippen LogP contribution in [-0.4, -0.2) is 47.1 Å². The SMILES string of the molecule is CCNCc1ccc(N(CCOC)CCOC)cc1. The quantitative estimate of drug-likeness (QED) is 0.701. The fourth-order valence-electron chi connectivity index (χ4n) is 1.87. The first-order chi connectivity index (χ1) is 9.31. The van der Waals surface area contributed by atoms with Crippen LogP contribution in [0.4, 0.5) is 5.69 Å². The minimum atomic E-state index is 0.725. The third kappa shape index (κ3) is 6.05. The molecule has 0 atom stereocenters. The third-order valence-electron chi connectivity index (χ3n) is 3.01. The molecule has 0 saturated heterocycles. The normalized spacial score (nSPS) is 10.7. The van der Waals surface area contributed by atoms with Gasteiger partial charge in [0.25, 0.3) is 0 Å². The number of methoxy groups -OCH3 is 2. The van der Waals surface area contributed by atoms with Gasteiger partial charge in [-0.3, -0.25) is 0 Å². The molecule has 0 fully saturated rings. The lowest BCUT2D eigenvalue weighted by Crippen LogP contribution is -2.30. The molecule has 1 rings (SSSR count). The monoisotopic (exact) mass is 266 g/mol. The molecule has 0 aliphatic rings. The lowest BCUT2D eigenvalue weighted by atomic mass is 10.2. The summed E-state index contributed by atoms with van der Waals surface area (Å²) in [6.07, 6.45) is 0. The molecule has 0 bridgehead atoms. The van der Waals surface area contributed by atoms with Gasteiger partial charge < -0.3 is 19.7 Å². The van der Waals surface area contributed by atoms with Crippen LogP contribution in [0.1, 0.15) is 12.5 Å². The topological polar surface area (TPSA) is 33.7 Å². The van der Waals surface area contributed by atoms with Gasteiger partial charge in [0, 0.05) is 39.5 Å². The molecule has 108 valence electrons. The van der Waals surface area contributed by atoms with Gasteiger partial charge in [-0.1, -0.05) is 19.1 Å². The zero-order valence-corrected chi connectivity index (χ0v) is 12.3. The van der Waals surface area contributed by atoms with E-state index in [-0.39, 0.29) is 0 Å². The van der Waals surface area contributed by atoms with E-state index in [2.05, 4.69) is 41.4 Å². The van der Waals surface area contributed by atoms with Crippen molar-refractivity contribution in [2.75, 3.05) is 52.0 Å². The molecule has 0 amide bonds. The van der Waals surface area contributed by atoms with Crippen LogP contribution in [0.5, 0.6) is 0 Å². The molecule has 0 radical (unpaired) electrons. The van der Waals surface area contributed by atoms with Crippen molar-refractivity contribution < 1.29 is 9.47 Å². The molecule has 1 aromatic carbocycles. The van der Waals surface area contributed by atoms with Gasteiger partial charge in [0.15, 0.2) is 0 Å². The Hall–Kier alpha value is -1.10. The number of hydrogen-bond acceptors (Lipinski definition) is 4. The first kappa shape index (κ1) is 16.0. The summed E-state index contributed by atoms with van der Waals surface area (Å²) in [4.78, 5) is 2.28. The maximum atomic E-state index is 5.16. The van der Waals surface area contributed by atoms with Gasteiger partial charge in [-0.25, -0.2) is 0 Å². The van der Waals surface area contributed by atoms with Crippen LogP contribution in [0.15, 0.2) is 24.3 Å². The molecule has 0 heterocycles. The van der Waals surface area contributed by atoms with E-state index in [1.807, 2.05) is 0 Å². The Bertz CT molecular complexity index is 319. The van der Waals surface area contributed by atoms with Crippen molar-refractivity contribution in [3.63, 3.8) is 0 Å². The minimum Gasteiger partial charge on any atom is -0.383 e. The maximum absolute atomic E-state index is 5.16. The summed E-state index contributed by atoms with van der Waals surface area (Å²) in [7, 11) is 3.46. The Kier molecular flexibility index (Phi) is 8.21. The molecule has 0 spiro atoms. The molecule has 1 N–H and O–H groups in total. The minimum absolute atomic E-state index is 0.725. The van der Waals surface area contributed by atoms with Gasteiger partial charge in [-0.15, -0.1) is 0 Å². The largest absolute Gasteiger partial charge is 0.383 e. The number of hydrogen-bond donors (Lipinski definition) is 1. The summed E-state index contributed by atoms with van der Waals surface area (Å²) in [6.45, 7) is 7.25. The average Bonchev–Trinajstić information content (AvgIpc) is 2.46. The van der Waals surface area contributed by atoms with Crippen molar-refractivity contribution in [1.82, 2.24) is 5.32 Å². The second-order valence-electron chi connectivity index (χ2n) is 4.42. The summed E-state index contributed by atoms with van der Waals surface area (Å²) in [5.74, 6) is 0. The smallest absolute Gasteiger partial charge is 0.0637 e. The summed E-state index contributed by atoms with van der Waals surface area (Å²) in [5.41, 5.74) is 2.53. The number of benzene rings is 1. The van der Waals surface area contributed by atoms with Gasteiger partial charge in [0.05, 0.1) is 13.2 Å². The summed E-state index contributed by atoms with van der Waals surface area (Å²) < 4.78 is 10.3. The standard InChI is InChI=1S/C15H26N2O2/c1-4-16-13-14-5-7-15(8-6-14)17(9-11-18-2)10-12-19-3/h5-8,16H,4,9-13H2,1-3H3. The molecule has 19 heavy (non-hydrogen) atoms. The van der Waals surface area contributed by atoms with Crippen LogP contribution in [-0.2, 0) is 16.0 Å². The van der Waals surface area contributed by atoms with E-state index < -0.39 is 0 Å². The first-order valence-corrected chi connectivity index (χ1v) is 6.84. The highest BCUT2D eigenvalue weighted by Gasteiger charge is 2.05. The van der Waals surface area contributed by atoms with Gasteiger partial charge in [-0.05, 0) is 24.2 Å². The number of rotatable bonds is 10. The predicted molar refractivity (Wildman–Crippen MR) is 79.8 cm³/mol. The number of nitrogens with one attached hydrogen (secondary N) is 1. The predicted octanol–water partition coefficient (Wildman–Crippen LogP) is 1.90. The van der Waals surface area contributed by atoms with Crippen LogP contribution < -0.4 is 10.2 Å². The van der Waals surface area contributed by atoms with Crippen molar-refractivity contribution in [3.8, 4) is 0 Å². The average molecular weight is 266 g/mol. The molecule has 1 aromatic rings. The van der Waals surface area contributed by atoms with Crippen molar-refractivity contribution in [2.45, 2.75) is 13.5 Å². The third-order valence-corrected chi connectivity index (χ3v) is 3.01. The van der Waals surface area contributed by atoms with Gasteiger partial charge in [-0.2, -0.15) is 0 Å². The number of ether oxygens (including phenoxy) is 2. The Labute approximate surface area is 116 Å². The fourth-order valence-corrected chi connectivity index (χ4v) is 1.87. The maximum Gasteiger partial charge on any atom is 0.0637 e. The van der Waals surface area contributed by atoms with Crippen LogP contribution >= 0.6 is 0 Å². The molecular formula is C15H26N2O2. The highest BCUT2D eigenvalue weighted by Crippen LogP contribution is 2.15. The molecule has 0 aliphatic heterocycles. The molecule has 4 heteroatoms. The Morgan fingerprint density at radius 2 is 1.58 bits per heavy atom. The van der Waals surface area contributed by atoms with Crippen molar-refractivity contribution in [3.05, 3.63) is 29.8 Å². The molecular weight excluding hydrogens is 240 g/mol. The summed E-state index contributed by atoms with van der Waals surface area (Å²) in [6, 6.07) is 8.67. The zero-order chi connectivity index (χ0) is 13.9. The number of anilines is 1. The molecule has 0 unspecified atom stereocenters. The molecule has 0 saturated carbocycles. The van der Waals surface area contributed by atoms with Gasteiger partial charge >= 0.3 is 0 Å². The molecule has 0 aliphatic carbocycles. The number of nitrogens with zero attached hydrogens (tertiary/aromatic N) is 1. The first-order valence-electron chi connectivity index (χ1n) is 6.84. The highest BCUT2D eigenvalue weighted by molar-refractivity contribution is 5.47. The van der Waals surface area contributed by atoms with Crippen LogP contribution in [0.2, 0.25) is 0 Å². The van der Waals surface area contributed by atoms with Crippen molar-refractivity contribution in [2.24, 2.45) is 0 Å². The summed E-state index contributed by atoms with van der Waals surface area (Å²) in [5, 5.41) is 3.33. The van der Waals surface area contributed by atoms with E-state index in [9.17, 15) is 0 Å². The van der Waals surface area contributed by atoms with Crippen LogP contribution in [0, 0.1) is 0 Å². The van der Waals surface area contributed by atoms with Crippen LogP contribution in [0.25, 0.3) is 0 Å². The summed E-state index contributed by atoms with van der Waals surface area (Å²) >= 11 is 0. The van der Waals surface area contributed by atoms with E-state index in [1.54, 1.807) is 14.2 Å². The lowest BCUT2D eigenvalue weighted by molar-refractivity contribution is 0.190. The highest BCUT2D eigenvalue weighted by atomic mass is 16.5. The van der Waals surface area contributed by atoms with Crippen molar-refractivity contribution in [1.29, 1.82) is 0 Å². The van der Waals surface area contributed by atoms with E-state index in [1.165, 1.54) is 11.3 Å². The van der Waals surface area contributed by atoms with E-state index in [0.29, 0.717) is 0 Å². The van der Waals surface area contributed by atoms with Gasteiger partial charge in [0.2, 0.25) is 0 Å². The fraction of sp³-hybridized carbons (Fsp3) is 0.600. The van der Waals surface area contributed by atoms with Crippen molar-refractivity contribution >= 4 is 5.69 Å².